The molecular weight excluding hydrogens is 222 g/mol. The van der Waals surface area contributed by atoms with Crippen LogP contribution in [-0.4, -0.2) is 31.2 Å². The number of aryl methyl sites for hydroxylation is 1. The van der Waals surface area contributed by atoms with Gasteiger partial charge in [-0.3, -0.25) is 4.98 Å². The van der Waals surface area contributed by atoms with Gasteiger partial charge in [-0.15, -0.1) is 0 Å². The molecule has 0 spiro atoms. The Bertz CT molecular complexity index is 559. The number of para-hydroxylation sites is 1. The van der Waals surface area contributed by atoms with E-state index >= 15 is 0 Å². The summed E-state index contributed by atoms with van der Waals surface area (Å²) in [5, 5.41) is 4.67. The third kappa shape index (κ3) is 1.85. The van der Waals surface area contributed by atoms with Gasteiger partial charge in [0.1, 0.15) is 0 Å². The minimum absolute atomic E-state index is 0.590. The lowest BCUT2D eigenvalue weighted by atomic mass is 10.1. The van der Waals surface area contributed by atoms with Gasteiger partial charge in [0.2, 0.25) is 0 Å². The largest absolute Gasteiger partial charge is 0.369 e. The Labute approximate surface area is 108 Å². The topological polar surface area (TPSA) is 28.2 Å². The number of nitrogens with one attached hydrogen (secondary N) is 1. The minimum atomic E-state index is 0.590. The molecule has 1 aromatic heterocycles. The molecule has 0 saturated carbocycles. The van der Waals surface area contributed by atoms with Gasteiger partial charge in [0, 0.05) is 25.0 Å². The van der Waals surface area contributed by atoms with Crippen LogP contribution in [0.4, 0.5) is 5.69 Å². The predicted octanol–water partition coefficient (Wildman–Crippen LogP) is 2.34. The van der Waals surface area contributed by atoms with Crippen molar-refractivity contribution in [2.45, 2.75) is 19.4 Å². The van der Waals surface area contributed by atoms with Crippen molar-refractivity contribution in [2.24, 2.45) is 0 Å². The van der Waals surface area contributed by atoms with E-state index in [0.29, 0.717) is 6.04 Å². The molecule has 0 amide bonds. The summed E-state index contributed by atoms with van der Waals surface area (Å²) >= 11 is 0. The van der Waals surface area contributed by atoms with Crippen molar-refractivity contribution in [3.05, 3.63) is 36.0 Å². The van der Waals surface area contributed by atoms with Crippen molar-refractivity contribution in [1.29, 1.82) is 0 Å². The number of hydrogen-bond acceptors (Lipinski definition) is 3. The van der Waals surface area contributed by atoms with Crippen molar-refractivity contribution in [3.63, 3.8) is 0 Å². The number of nitrogens with zero attached hydrogens (tertiary/aromatic N) is 2. The number of anilines is 1. The summed E-state index contributed by atoms with van der Waals surface area (Å²) in [5.41, 5.74) is 3.66. The van der Waals surface area contributed by atoms with Crippen LogP contribution in [0.2, 0.25) is 0 Å². The predicted molar refractivity (Wildman–Crippen MR) is 76.2 cm³/mol. The minimum Gasteiger partial charge on any atom is -0.369 e. The first-order chi connectivity index (χ1) is 8.77. The molecule has 0 radical (unpaired) electrons. The molecule has 2 aromatic rings. The molecule has 18 heavy (non-hydrogen) atoms. The number of pyridine rings is 1. The van der Waals surface area contributed by atoms with Crippen LogP contribution in [0.25, 0.3) is 10.9 Å². The Hall–Kier alpha value is -1.61. The van der Waals surface area contributed by atoms with Crippen LogP contribution < -0.4 is 10.2 Å². The van der Waals surface area contributed by atoms with Crippen LogP contribution in [0.1, 0.15) is 12.0 Å². The van der Waals surface area contributed by atoms with Crippen molar-refractivity contribution >= 4 is 16.6 Å². The van der Waals surface area contributed by atoms with Crippen LogP contribution in [0.15, 0.2) is 30.5 Å². The highest BCUT2D eigenvalue weighted by Gasteiger charge is 2.21. The van der Waals surface area contributed by atoms with Crippen molar-refractivity contribution in [2.75, 3.05) is 25.0 Å². The lowest BCUT2D eigenvalue weighted by molar-refractivity contribution is 0.683. The van der Waals surface area contributed by atoms with E-state index in [-0.39, 0.29) is 0 Å². The van der Waals surface area contributed by atoms with Gasteiger partial charge in [0.05, 0.1) is 17.4 Å². The highest BCUT2D eigenvalue weighted by molar-refractivity contribution is 5.86. The molecule has 1 aliphatic rings. The Morgan fingerprint density at radius 1 is 1.33 bits per heavy atom. The molecule has 3 heteroatoms. The molecule has 1 fully saturated rings. The first-order valence-corrected chi connectivity index (χ1v) is 6.55. The fraction of sp³-hybridized carbons (Fsp3) is 0.400. The number of likely N-dealkylation sites (N-methyl/N-ethyl adjacent to an activating group) is 1. The van der Waals surface area contributed by atoms with Crippen LogP contribution in [-0.2, 0) is 0 Å². The van der Waals surface area contributed by atoms with E-state index in [1.807, 2.05) is 12.3 Å². The number of rotatable bonds is 2. The van der Waals surface area contributed by atoms with Crippen molar-refractivity contribution in [1.82, 2.24) is 10.3 Å². The molecule has 2 heterocycles. The molecule has 1 N–H and O–H groups in total. The molecule has 0 bridgehead atoms. The van der Waals surface area contributed by atoms with Gasteiger partial charge in [-0.1, -0.05) is 18.2 Å². The second-order valence-electron chi connectivity index (χ2n) is 5.04. The van der Waals surface area contributed by atoms with Crippen molar-refractivity contribution < 1.29 is 0 Å². The van der Waals surface area contributed by atoms with E-state index in [9.17, 15) is 0 Å². The van der Waals surface area contributed by atoms with Gasteiger partial charge in [-0.25, -0.2) is 0 Å². The summed E-state index contributed by atoms with van der Waals surface area (Å²) in [6.07, 6.45) is 3.22. The maximum absolute atomic E-state index is 4.57. The van der Waals surface area contributed by atoms with E-state index in [0.717, 1.165) is 18.6 Å². The summed E-state index contributed by atoms with van der Waals surface area (Å²) in [5.74, 6) is 0. The second-order valence-corrected chi connectivity index (χ2v) is 5.04. The molecule has 1 aromatic carbocycles. The normalized spacial score (nSPS) is 19.3. The van der Waals surface area contributed by atoms with E-state index in [1.165, 1.54) is 23.1 Å². The lowest BCUT2D eigenvalue weighted by Crippen LogP contribution is -2.33. The Balaban J connectivity index is 2.03. The Morgan fingerprint density at radius 3 is 2.94 bits per heavy atom. The zero-order chi connectivity index (χ0) is 12.5. The van der Waals surface area contributed by atoms with Gasteiger partial charge >= 0.3 is 0 Å². The monoisotopic (exact) mass is 241 g/mol. The second kappa shape index (κ2) is 4.58. The van der Waals surface area contributed by atoms with Gasteiger partial charge < -0.3 is 10.2 Å². The number of aromatic nitrogens is 1. The zero-order valence-corrected chi connectivity index (χ0v) is 11.0. The van der Waals surface area contributed by atoms with Gasteiger partial charge in [-0.05, 0) is 31.5 Å². The standard InChI is InChI=1S/C15H19N3/c1-11-13-5-3-4-6-14(13)17-10-15(11)18(2)12-7-8-16-9-12/h3-6,10,12,16H,7-9H2,1-2H3. The van der Waals surface area contributed by atoms with Gasteiger partial charge in [0.15, 0.2) is 0 Å². The van der Waals surface area contributed by atoms with E-state index in [4.69, 9.17) is 0 Å². The maximum atomic E-state index is 4.57. The fourth-order valence-electron chi connectivity index (χ4n) is 2.79. The molecule has 1 aliphatic heterocycles. The first-order valence-electron chi connectivity index (χ1n) is 6.55. The summed E-state index contributed by atoms with van der Waals surface area (Å²) in [6, 6.07) is 8.94. The Kier molecular flexibility index (Phi) is 2.92. The highest BCUT2D eigenvalue weighted by atomic mass is 15.2. The molecule has 1 saturated heterocycles. The maximum Gasteiger partial charge on any atom is 0.0706 e. The molecule has 0 aliphatic carbocycles. The first kappa shape index (κ1) is 11.5. The number of hydrogen-bond donors (Lipinski definition) is 1. The summed E-state index contributed by atoms with van der Waals surface area (Å²) in [4.78, 5) is 6.94. The van der Waals surface area contributed by atoms with Crippen molar-refractivity contribution in [3.8, 4) is 0 Å². The summed E-state index contributed by atoms with van der Waals surface area (Å²) < 4.78 is 0. The van der Waals surface area contributed by atoms with Crippen LogP contribution >= 0.6 is 0 Å². The third-order valence-electron chi connectivity index (χ3n) is 3.98. The lowest BCUT2D eigenvalue weighted by Gasteiger charge is -2.27. The summed E-state index contributed by atoms with van der Waals surface area (Å²) in [6.45, 7) is 4.38. The molecule has 3 rings (SSSR count). The molecule has 1 atom stereocenters. The van der Waals surface area contributed by atoms with Crippen LogP contribution in [0, 0.1) is 6.92 Å². The van der Waals surface area contributed by atoms with E-state index in [1.54, 1.807) is 0 Å². The average Bonchev–Trinajstić information content (AvgIpc) is 2.93. The number of benzene rings is 1. The van der Waals surface area contributed by atoms with Crippen LogP contribution in [0.3, 0.4) is 0 Å². The molecule has 94 valence electrons. The Morgan fingerprint density at radius 2 is 2.17 bits per heavy atom. The average molecular weight is 241 g/mol. The highest BCUT2D eigenvalue weighted by Crippen LogP contribution is 2.27. The quantitative estimate of drug-likeness (QED) is 0.874. The molecule has 1 unspecified atom stereocenters. The molecule has 3 nitrogen and oxygen atoms in total. The van der Waals surface area contributed by atoms with Crippen LogP contribution in [0.5, 0.6) is 0 Å². The van der Waals surface area contributed by atoms with E-state index in [2.05, 4.69) is 47.4 Å². The molecular formula is C15H19N3. The SMILES string of the molecule is Cc1c(N(C)C2CCNC2)cnc2ccccc12. The third-order valence-corrected chi connectivity index (χ3v) is 3.98. The smallest absolute Gasteiger partial charge is 0.0706 e. The fourth-order valence-corrected chi connectivity index (χ4v) is 2.79. The van der Waals surface area contributed by atoms with Gasteiger partial charge in [0.25, 0.3) is 0 Å². The number of fused-ring (bicyclic) bond motifs is 1. The van der Waals surface area contributed by atoms with Gasteiger partial charge in [-0.2, -0.15) is 0 Å². The van der Waals surface area contributed by atoms with E-state index < -0.39 is 0 Å². The summed E-state index contributed by atoms with van der Waals surface area (Å²) in [7, 11) is 2.18. The zero-order valence-electron chi connectivity index (χ0n) is 11.0.